The Morgan fingerprint density at radius 2 is 2.11 bits per heavy atom. The minimum Gasteiger partial charge on any atom is -0.326 e. The molecule has 0 saturated carbocycles. The molecule has 2 rings (SSSR count). The minimum absolute atomic E-state index is 0.157. The number of rotatable bonds is 5. The molecule has 19 heavy (non-hydrogen) atoms. The molecular weight excluding hydrogens is 264 g/mol. The predicted molar refractivity (Wildman–Crippen MR) is 71.6 cm³/mol. The van der Waals surface area contributed by atoms with Crippen molar-refractivity contribution in [2.75, 3.05) is 7.05 Å². The Morgan fingerprint density at radius 3 is 2.74 bits per heavy atom. The Hall–Kier alpha value is -1.70. The fourth-order valence-corrected chi connectivity index (χ4v) is 2.82. The van der Waals surface area contributed by atoms with E-state index in [9.17, 15) is 8.42 Å². The highest BCUT2D eigenvalue weighted by molar-refractivity contribution is 7.89. The summed E-state index contributed by atoms with van der Waals surface area (Å²) in [5, 5.41) is 6.16. The van der Waals surface area contributed by atoms with Crippen molar-refractivity contribution in [3.05, 3.63) is 47.8 Å². The van der Waals surface area contributed by atoms with Crippen LogP contribution >= 0.6 is 0 Å². The second-order valence-corrected chi connectivity index (χ2v) is 6.26. The van der Waals surface area contributed by atoms with Crippen molar-refractivity contribution >= 4 is 10.0 Å². The summed E-state index contributed by atoms with van der Waals surface area (Å²) in [6, 6.07) is 7.56. The van der Waals surface area contributed by atoms with Crippen molar-refractivity contribution in [3.8, 4) is 0 Å². The van der Waals surface area contributed by atoms with E-state index in [2.05, 4.69) is 10.2 Å². The van der Waals surface area contributed by atoms with Crippen LogP contribution in [0.4, 0.5) is 0 Å². The average molecular weight is 280 g/mol. The Bertz CT molecular complexity index is 638. The lowest BCUT2D eigenvalue weighted by Gasteiger charge is -2.16. The molecule has 1 heterocycles. The van der Waals surface area contributed by atoms with E-state index >= 15 is 0 Å². The molecular formula is C12H16N4O2S. The molecule has 0 bridgehead atoms. The third kappa shape index (κ3) is 3.01. The second kappa shape index (κ2) is 5.52. The number of H-pyrrole nitrogens is 1. The van der Waals surface area contributed by atoms with E-state index in [0.29, 0.717) is 13.1 Å². The van der Waals surface area contributed by atoms with Gasteiger partial charge in [-0.1, -0.05) is 24.3 Å². The largest absolute Gasteiger partial charge is 0.326 e. The number of hydrogen-bond donors (Lipinski definition) is 2. The summed E-state index contributed by atoms with van der Waals surface area (Å²) in [5.74, 6) is 0. The maximum atomic E-state index is 12.2. The van der Waals surface area contributed by atoms with E-state index in [4.69, 9.17) is 5.73 Å². The zero-order chi connectivity index (χ0) is 13.9. The fourth-order valence-electron chi connectivity index (χ4n) is 1.76. The maximum absolute atomic E-state index is 12.2. The molecule has 0 aliphatic heterocycles. The quantitative estimate of drug-likeness (QED) is 0.842. The lowest BCUT2D eigenvalue weighted by Crippen LogP contribution is -2.26. The summed E-state index contributed by atoms with van der Waals surface area (Å²) in [4.78, 5) is 0.157. The van der Waals surface area contributed by atoms with Gasteiger partial charge in [0, 0.05) is 26.3 Å². The van der Waals surface area contributed by atoms with Crippen LogP contribution in [-0.2, 0) is 23.1 Å². The van der Waals surface area contributed by atoms with Gasteiger partial charge in [-0.25, -0.2) is 8.42 Å². The number of nitrogens with one attached hydrogen (secondary N) is 1. The van der Waals surface area contributed by atoms with Crippen molar-refractivity contribution in [1.82, 2.24) is 14.5 Å². The molecule has 0 unspecified atom stereocenters. The number of nitrogens with zero attached hydrogens (tertiary/aromatic N) is 2. The van der Waals surface area contributed by atoms with Crippen molar-refractivity contribution < 1.29 is 8.42 Å². The van der Waals surface area contributed by atoms with Crippen molar-refractivity contribution in [3.63, 3.8) is 0 Å². The lowest BCUT2D eigenvalue weighted by molar-refractivity contribution is 0.466. The number of nitrogens with two attached hydrogens (primary N) is 1. The highest BCUT2D eigenvalue weighted by Gasteiger charge is 2.21. The van der Waals surface area contributed by atoms with E-state index in [1.165, 1.54) is 23.7 Å². The van der Waals surface area contributed by atoms with E-state index in [1.807, 2.05) is 24.3 Å². The summed E-state index contributed by atoms with van der Waals surface area (Å²) in [5.41, 5.74) is 7.45. The molecule has 1 aromatic carbocycles. The van der Waals surface area contributed by atoms with Gasteiger partial charge in [0.05, 0.1) is 6.20 Å². The van der Waals surface area contributed by atoms with Gasteiger partial charge in [-0.3, -0.25) is 5.10 Å². The second-order valence-electron chi connectivity index (χ2n) is 4.22. The van der Waals surface area contributed by atoms with Crippen LogP contribution < -0.4 is 5.73 Å². The number of hydrogen-bond acceptors (Lipinski definition) is 4. The van der Waals surface area contributed by atoms with E-state index in [1.54, 1.807) is 0 Å². The number of sulfonamides is 1. The SMILES string of the molecule is CN(Cc1cccc(CN)c1)S(=O)(=O)c1cn[nH]c1. The summed E-state index contributed by atoms with van der Waals surface area (Å²) in [6.07, 6.45) is 2.66. The zero-order valence-electron chi connectivity index (χ0n) is 10.6. The van der Waals surface area contributed by atoms with Gasteiger partial charge in [0.25, 0.3) is 0 Å². The third-order valence-electron chi connectivity index (χ3n) is 2.81. The average Bonchev–Trinajstić information content (AvgIpc) is 2.93. The lowest BCUT2D eigenvalue weighted by atomic mass is 10.1. The molecule has 102 valence electrons. The van der Waals surface area contributed by atoms with Crippen LogP contribution in [0.2, 0.25) is 0 Å². The van der Waals surface area contributed by atoms with E-state index in [0.717, 1.165) is 11.1 Å². The van der Waals surface area contributed by atoms with Crippen molar-refractivity contribution in [2.24, 2.45) is 5.73 Å². The van der Waals surface area contributed by atoms with Gasteiger partial charge >= 0.3 is 0 Å². The molecule has 0 amide bonds. The smallest absolute Gasteiger partial charge is 0.246 e. The number of aromatic nitrogens is 2. The monoisotopic (exact) mass is 280 g/mol. The van der Waals surface area contributed by atoms with Gasteiger partial charge in [-0.2, -0.15) is 9.40 Å². The van der Waals surface area contributed by atoms with Crippen molar-refractivity contribution in [1.29, 1.82) is 0 Å². The molecule has 0 fully saturated rings. The van der Waals surface area contributed by atoms with Crippen LogP contribution in [0.25, 0.3) is 0 Å². The van der Waals surface area contributed by atoms with Gasteiger partial charge in [0.2, 0.25) is 10.0 Å². The molecule has 1 aromatic heterocycles. The molecule has 7 heteroatoms. The summed E-state index contributed by atoms with van der Waals surface area (Å²) < 4.78 is 25.7. The molecule has 0 atom stereocenters. The fraction of sp³-hybridized carbons (Fsp3) is 0.250. The van der Waals surface area contributed by atoms with Crippen LogP contribution in [0.1, 0.15) is 11.1 Å². The Labute approximate surface area is 112 Å². The molecule has 3 N–H and O–H groups in total. The maximum Gasteiger partial charge on any atom is 0.246 e. The van der Waals surface area contributed by atoms with Crippen LogP contribution in [0.3, 0.4) is 0 Å². The van der Waals surface area contributed by atoms with Crippen LogP contribution in [0, 0.1) is 0 Å². The molecule has 0 radical (unpaired) electrons. The van der Waals surface area contributed by atoms with E-state index < -0.39 is 10.0 Å². The number of benzene rings is 1. The van der Waals surface area contributed by atoms with Gasteiger partial charge < -0.3 is 5.73 Å². The Balaban J connectivity index is 2.19. The highest BCUT2D eigenvalue weighted by Crippen LogP contribution is 2.15. The zero-order valence-corrected chi connectivity index (χ0v) is 11.4. The molecule has 2 aromatic rings. The highest BCUT2D eigenvalue weighted by atomic mass is 32.2. The molecule has 0 saturated heterocycles. The van der Waals surface area contributed by atoms with E-state index in [-0.39, 0.29) is 4.90 Å². The molecule has 0 aliphatic rings. The molecule has 0 spiro atoms. The predicted octanol–water partition coefficient (Wildman–Crippen LogP) is 0.689. The standard InChI is InChI=1S/C12H16N4O2S/c1-16(19(17,18)12-7-14-15-8-12)9-11-4-2-3-10(5-11)6-13/h2-5,7-8H,6,9,13H2,1H3,(H,14,15). The minimum atomic E-state index is -3.51. The summed E-state index contributed by atoms with van der Waals surface area (Å²) >= 11 is 0. The summed E-state index contributed by atoms with van der Waals surface area (Å²) in [6.45, 7) is 0.730. The van der Waals surface area contributed by atoms with Crippen LogP contribution in [0.15, 0.2) is 41.6 Å². The first-order valence-electron chi connectivity index (χ1n) is 5.77. The van der Waals surface area contributed by atoms with Gasteiger partial charge in [0.15, 0.2) is 0 Å². The summed E-state index contributed by atoms with van der Waals surface area (Å²) in [7, 11) is -1.97. The first-order chi connectivity index (χ1) is 9.04. The topological polar surface area (TPSA) is 92.1 Å². The first kappa shape index (κ1) is 13.7. The number of aromatic amines is 1. The molecule has 6 nitrogen and oxygen atoms in total. The normalized spacial score (nSPS) is 11.9. The van der Waals surface area contributed by atoms with Gasteiger partial charge in [-0.05, 0) is 11.1 Å². The Kier molecular flexibility index (Phi) is 3.98. The van der Waals surface area contributed by atoms with Gasteiger partial charge in [-0.15, -0.1) is 0 Å². The van der Waals surface area contributed by atoms with Crippen LogP contribution in [0.5, 0.6) is 0 Å². The molecule has 0 aliphatic carbocycles. The first-order valence-corrected chi connectivity index (χ1v) is 7.21. The van der Waals surface area contributed by atoms with Crippen molar-refractivity contribution in [2.45, 2.75) is 18.0 Å². The third-order valence-corrected chi connectivity index (χ3v) is 4.58. The van der Waals surface area contributed by atoms with Gasteiger partial charge in [0.1, 0.15) is 4.90 Å². The van der Waals surface area contributed by atoms with Crippen LogP contribution in [-0.4, -0.2) is 30.0 Å². The Morgan fingerprint density at radius 1 is 1.37 bits per heavy atom.